The summed E-state index contributed by atoms with van der Waals surface area (Å²) >= 11 is 1.54. The molecule has 100 valence electrons. The normalized spacial score (nSPS) is 18.9. The lowest BCUT2D eigenvalue weighted by atomic mass is 9.99. The first-order chi connectivity index (χ1) is 8.56. The third kappa shape index (κ3) is 3.29. The number of thiazole rings is 1. The van der Waals surface area contributed by atoms with Crippen molar-refractivity contribution in [1.29, 1.82) is 0 Å². The van der Waals surface area contributed by atoms with Gasteiger partial charge >= 0.3 is 0 Å². The fraction of sp³-hybridized carbons (Fsp3) is 0.692. The molecule has 0 saturated carbocycles. The minimum Gasteiger partial charge on any atom is -0.342 e. The number of carbonyl (C=O) groups is 1. The lowest BCUT2D eigenvalue weighted by molar-refractivity contribution is -0.131. The van der Waals surface area contributed by atoms with Crippen LogP contribution in [0.3, 0.4) is 0 Å². The maximum absolute atomic E-state index is 12.1. The summed E-state index contributed by atoms with van der Waals surface area (Å²) in [6, 6.07) is -0.0466. The van der Waals surface area contributed by atoms with Gasteiger partial charge in [-0.2, -0.15) is 0 Å². The summed E-state index contributed by atoms with van der Waals surface area (Å²) < 4.78 is 0. The van der Waals surface area contributed by atoms with Crippen molar-refractivity contribution in [2.45, 2.75) is 39.2 Å². The van der Waals surface area contributed by atoms with E-state index in [2.05, 4.69) is 11.9 Å². The van der Waals surface area contributed by atoms with Gasteiger partial charge in [0.25, 0.3) is 0 Å². The molecule has 1 fully saturated rings. The Morgan fingerprint density at radius 2 is 2.28 bits per heavy atom. The summed E-state index contributed by atoms with van der Waals surface area (Å²) in [5.41, 5.74) is 6.63. The Balaban J connectivity index is 1.90. The highest BCUT2D eigenvalue weighted by atomic mass is 32.1. The lowest BCUT2D eigenvalue weighted by Gasteiger charge is -2.30. The maximum Gasteiger partial charge on any atom is 0.228 e. The summed E-state index contributed by atoms with van der Waals surface area (Å²) in [5, 5.41) is 2.86. The third-order valence-electron chi connectivity index (χ3n) is 3.43. The summed E-state index contributed by atoms with van der Waals surface area (Å²) in [5.74, 6) is 0.946. The van der Waals surface area contributed by atoms with E-state index in [9.17, 15) is 4.79 Å². The van der Waals surface area contributed by atoms with Gasteiger partial charge in [-0.3, -0.25) is 4.79 Å². The van der Waals surface area contributed by atoms with Crippen LogP contribution in [0.1, 0.15) is 43.4 Å². The van der Waals surface area contributed by atoms with Crippen LogP contribution in [0.2, 0.25) is 0 Å². The van der Waals surface area contributed by atoms with Crippen LogP contribution in [-0.2, 0) is 11.2 Å². The molecular weight excluding hydrogens is 246 g/mol. The minimum absolute atomic E-state index is 0.0466. The monoisotopic (exact) mass is 267 g/mol. The standard InChI is InChI=1S/C13H21N3OS/c1-9-3-5-16(6-4-9)12(17)7-11-8-18-13(15-11)10(2)14/h8-10H,3-7,14H2,1-2H3. The molecule has 0 radical (unpaired) electrons. The van der Waals surface area contributed by atoms with E-state index in [1.54, 1.807) is 0 Å². The van der Waals surface area contributed by atoms with E-state index >= 15 is 0 Å². The quantitative estimate of drug-likeness (QED) is 0.910. The number of nitrogens with two attached hydrogens (primary N) is 1. The van der Waals surface area contributed by atoms with Crippen LogP contribution in [0, 0.1) is 5.92 Å². The zero-order valence-corrected chi connectivity index (χ0v) is 11.9. The molecule has 0 aliphatic carbocycles. The van der Waals surface area contributed by atoms with Crippen molar-refractivity contribution >= 4 is 17.2 Å². The molecule has 2 rings (SSSR count). The predicted molar refractivity (Wildman–Crippen MR) is 73.4 cm³/mol. The van der Waals surface area contributed by atoms with Gasteiger partial charge < -0.3 is 10.6 Å². The zero-order chi connectivity index (χ0) is 13.1. The summed E-state index contributed by atoms with van der Waals surface area (Å²) in [4.78, 5) is 18.5. The first-order valence-corrected chi connectivity index (χ1v) is 7.42. The van der Waals surface area contributed by atoms with Gasteiger partial charge in [0.1, 0.15) is 5.01 Å². The Labute approximate surface area is 112 Å². The zero-order valence-electron chi connectivity index (χ0n) is 11.1. The number of aromatic nitrogens is 1. The van der Waals surface area contributed by atoms with E-state index in [-0.39, 0.29) is 11.9 Å². The fourth-order valence-electron chi connectivity index (χ4n) is 2.14. The number of hydrogen-bond acceptors (Lipinski definition) is 4. The predicted octanol–water partition coefficient (Wildman–Crippen LogP) is 1.96. The van der Waals surface area contributed by atoms with E-state index in [1.165, 1.54) is 11.3 Å². The third-order valence-corrected chi connectivity index (χ3v) is 4.52. The SMILES string of the molecule is CC1CCN(C(=O)Cc2csc(C(C)N)n2)CC1. The molecule has 0 spiro atoms. The molecule has 0 aromatic carbocycles. The van der Waals surface area contributed by atoms with Gasteiger partial charge in [-0.1, -0.05) is 6.92 Å². The molecule has 1 aromatic heterocycles. The van der Waals surface area contributed by atoms with Gasteiger partial charge in [-0.15, -0.1) is 11.3 Å². The van der Waals surface area contributed by atoms with Crippen molar-refractivity contribution in [3.8, 4) is 0 Å². The molecule has 2 heterocycles. The van der Waals surface area contributed by atoms with Crippen molar-refractivity contribution in [3.05, 3.63) is 16.1 Å². The van der Waals surface area contributed by atoms with Crippen molar-refractivity contribution in [2.75, 3.05) is 13.1 Å². The summed E-state index contributed by atoms with van der Waals surface area (Å²) in [7, 11) is 0. The summed E-state index contributed by atoms with van der Waals surface area (Å²) in [6.45, 7) is 5.95. The molecule has 2 N–H and O–H groups in total. The second-order valence-electron chi connectivity index (χ2n) is 5.21. The highest BCUT2D eigenvalue weighted by Crippen LogP contribution is 2.19. The number of hydrogen-bond donors (Lipinski definition) is 1. The van der Waals surface area contributed by atoms with Crippen LogP contribution < -0.4 is 5.73 Å². The molecule has 1 atom stereocenters. The van der Waals surface area contributed by atoms with Crippen LogP contribution in [-0.4, -0.2) is 28.9 Å². The van der Waals surface area contributed by atoms with Gasteiger partial charge in [0, 0.05) is 18.5 Å². The molecule has 1 saturated heterocycles. The molecule has 18 heavy (non-hydrogen) atoms. The molecule has 4 nitrogen and oxygen atoms in total. The van der Waals surface area contributed by atoms with Gasteiger partial charge in [-0.05, 0) is 25.7 Å². The molecular formula is C13H21N3OS. The second kappa shape index (κ2) is 5.80. The maximum atomic E-state index is 12.1. The molecule has 5 heteroatoms. The molecule has 1 aliphatic heterocycles. The fourth-order valence-corrected chi connectivity index (χ4v) is 2.92. The molecule has 1 aliphatic rings. The molecule has 1 unspecified atom stereocenters. The molecule has 0 bridgehead atoms. The van der Waals surface area contributed by atoms with E-state index in [1.807, 2.05) is 17.2 Å². The minimum atomic E-state index is -0.0466. The highest BCUT2D eigenvalue weighted by molar-refractivity contribution is 7.09. The first kappa shape index (κ1) is 13.5. The Morgan fingerprint density at radius 3 is 2.83 bits per heavy atom. The lowest BCUT2D eigenvalue weighted by Crippen LogP contribution is -2.38. The Bertz CT molecular complexity index is 408. The summed E-state index contributed by atoms with van der Waals surface area (Å²) in [6.07, 6.45) is 2.65. The number of carbonyl (C=O) groups excluding carboxylic acids is 1. The van der Waals surface area contributed by atoms with Crippen LogP contribution in [0.4, 0.5) is 0 Å². The first-order valence-electron chi connectivity index (χ1n) is 6.54. The van der Waals surface area contributed by atoms with Crippen molar-refractivity contribution in [1.82, 2.24) is 9.88 Å². The van der Waals surface area contributed by atoms with Crippen LogP contribution in [0.5, 0.6) is 0 Å². The number of rotatable bonds is 3. The van der Waals surface area contributed by atoms with E-state index in [0.29, 0.717) is 6.42 Å². The topological polar surface area (TPSA) is 59.2 Å². The van der Waals surface area contributed by atoms with Crippen molar-refractivity contribution in [2.24, 2.45) is 11.7 Å². The number of piperidine rings is 1. The Morgan fingerprint density at radius 1 is 1.61 bits per heavy atom. The van der Waals surface area contributed by atoms with Crippen LogP contribution in [0.15, 0.2) is 5.38 Å². The molecule has 1 aromatic rings. The van der Waals surface area contributed by atoms with E-state index in [0.717, 1.165) is 42.6 Å². The van der Waals surface area contributed by atoms with Gasteiger partial charge in [-0.25, -0.2) is 4.98 Å². The van der Waals surface area contributed by atoms with Gasteiger partial charge in [0.15, 0.2) is 0 Å². The van der Waals surface area contributed by atoms with E-state index < -0.39 is 0 Å². The smallest absolute Gasteiger partial charge is 0.228 e. The van der Waals surface area contributed by atoms with Crippen LogP contribution in [0.25, 0.3) is 0 Å². The average molecular weight is 267 g/mol. The average Bonchev–Trinajstić information content (AvgIpc) is 2.78. The van der Waals surface area contributed by atoms with E-state index in [4.69, 9.17) is 5.73 Å². The largest absolute Gasteiger partial charge is 0.342 e. The Hall–Kier alpha value is -0.940. The highest BCUT2D eigenvalue weighted by Gasteiger charge is 2.21. The number of likely N-dealkylation sites (tertiary alicyclic amines) is 1. The van der Waals surface area contributed by atoms with Gasteiger partial charge in [0.2, 0.25) is 5.91 Å². The number of nitrogens with zero attached hydrogens (tertiary/aromatic N) is 2. The van der Waals surface area contributed by atoms with Crippen molar-refractivity contribution < 1.29 is 4.79 Å². The number of amides is 1. The van der Waals surface area contributed by atoms with Gasteiger partial charge in [0.05, 0.1) is 18.2 Å². The second-order valence-corrected chi connectivity index (χ2v) is 6.10. The molecule has 1 amide bonds. The van der Waals surface area contributed by atoms with Crippen LogP contribution >= 0.6 is 11.3 Å². The Kier molecular flexibility index (Phi) is 4.35. The van der Waals surface area contributed by atoms with Crippen molar-refractivity contribution in [3.63, 3.8) is 0 Å².